The summed E-state index contributed by atoms with van der Waals surface area (Å²) in [4.78, 5) is 22.0. The van der Waals surface area contributed by atoms with Gasteiger partial charge in [-0.2, -0.15) is 0 Å². The van der Waals surface area contributed by atoms with Crippen molar-refractivity contribution < 1.29 is 9.21 Å². The molecule has 8 heteroatoms. The molecule has 1 unspecified atom stereocenters. The summed E-state index contributed by atoms with van der Waals surface area (Å²) in [6.07, 6.45) is 1.70. The van der Waals surface area contributed by atoms with Crippen molar-refractivity contribution in [3.8, 4) is 10.8 Å². The number of halogens is 2. The summed E-state index contributed by atoms with van der Waals surface area (Å²) >= 11 is 13.7. The highest BCUT2D eigenvalue weighted by Gasteiger charge is 2.20. The van der Waals surface area contributed by atoms with Crippen LogP contribution in [0.25, 0.3) is 21.9 Å². The number of benzene rings is 2. The maximum atomic E-state index is 12.6. The largest absolute Gasteiger partial charge is 0.435 e. The molecule has 2 aromatic heterocycles. The highest BCUT2D eigenvalue weighted by molar-refractivity contribution is 7.13. The van der Waals surface area contributed by atoms with Crippen LogP contribution >= 0.6 is 34.5 Å². The molecular weight excluding hydrogens is 405 g/mol. The van der Waals surface area contributed by atoms with E-state index in [0.717, 1.165) is 4.88 Å². The highest BCUT2D eigenvalue weighted by atomic mass is 35.5. The lowest BCUT2D eigenvalue weighted by molar-refractivity contribution is -0.117. The number of anilines is 1. The van der Waals surface area contributed by atoms with Crippen LogP contribution in [0.15, 0.2) is 52.5 Å². The Morgan fingerprint density at radius 2 is 2.11 bits per heavy atom. The van der Waals surface area contributed by atoms with Crippen molar-refractivity contribution in [1.82, 2.24) is 9.97 Å². The Bertz CT molecular complexity index is 1130. The molecule has 1 amide bonds. The molecule has 0 aliphatic heterocycles. The van der Waals surface area contributed by atoms with Crippen molar-refractivity contribution in [2.75, 3.05) is 5.32 Å². The minimum atomic E-state index is -0.464. The summed E-state index contributed by atoms with van der Waals surface area (Å²) in [7, 11) is 0. The Labute approximate surface area is 169 Å². The van der Waals surface area contributed by atoms with Crippen molar-refractivity contribution >= 4 is 57.2 Å². The van der Waals surface area contributed by atoms with Crippen LogP contribution < -0.4 is 5.32 Å². The lowest BCUT2D eigenvalue weighted by atomic mass is 10.00. The van der Waals surface area contributed by atoms with Gasteiger partial charge in [-0.15, -0.1) is 11.3 Å². The number of oxazole rings is 1. The molecule has 0 spiro atoms. The average Bonchev–Trinajstić information content (AvgIpc) is 3.32. The Balaban J connectivity index is 1.57. The zero-order valence-electron chi connectivity index (χ0n) is 14.1. The third-order valence-electron chi connectivity index (χ3n) is 4.14. The molecule has 0 bridgehead atoms. The van der Waals surface area contributed by atoms with Crippen LogP contribution in [0.3, 0.4) is 0 Å². The zero-order valence-corrected chi connectivity index (χ0v) is 16.4. The molecule has 5 nitrogen and oxygen atoms in total. The fourth-order valence-corrected chi connectivity index (χ4v) is 3.69. The smallest absolute Gasteiger partial charge is 0.239 e. The van der Waals surface area contributed by atoms with E-state index in [9.17, 15) is 4.79 Å². The van der Waals surface area contributed by atoms with Crippen molar-refractivity contribution in [2.24, 2.45) is 0 Å². The van der Waals surface area contributed by atoms with Gasteiger partial charge in [0, 0.05) is 11.8 Å². The van der Waals surface area contributed by atoms with Gasteiger partial charge >= 0.3 is 0 Å². The lowest BCUT2D eigenvalue weighted by Crippen LogP contribution is -2.19. The number of nitrogens with one attached hydrogen (secondary N) is 1. The second kappa shape index (κ2) is 7.31. The third kappa shape index (κ3) is 3.56. The third-order valence-corrected chi connectivity index (χ3v) is 5.73. The van der Waals surface area contributed by atoms with E-state index in [-0.39, 0.29) is 5.91 Å². The van der Waals surface area contributed by atoms with Crippen LogP contribution in [0, 0.1) is 0 Å². The number of fused-ring (bicyclic) bond motifs is 1. The number of aromatic nitrogens is 2. The fourth-order valence-electron chi connectivity index (χ4n) is 2.68. The standard InChI is InChI=1S/C19H13Cl2N3O2S/c1-10(12-3-2-4-13(20)17(12)21)18(25)23-11-5-6-14-15(7-11)26-19(24-14)16-8-22-9-27-16/h2-10H,1H3,(H,23,25). The van der Waals surface area contributed by atoms with Crippen molar-refractivity contribution in [2.45, 2.75) is 12.8 Å². The number of rotatable bonds is 4. The van der Waals surface area contributed by atoms with E-state index in [0.29, 0.717) is 38.3 Å². The van der Waals surface area contributed by atoms with Crippen LogP contribution in [0.2, 0.25) is 10.0 Å². The van der Waals surface area contributed by atoms with Crippen LogP contribution in [-0.4, -0.2) is 15.9 Å². The molecule has 0 fully saturated rings. The average molecular weight is 418 g/mol. The number of thiazole rings is 1. The molecule has 0 radical (unpaired) electrons. The van der Waals surface area contributed by atoms with Gasteiger partial charge < -0.3 is 9.73 Å². The molecule has 0 aliphatic carbocycles. The number of nitrogens with zero attached hydrogens (tertiary/aromatic N) is 2. The molecule has 1 N–H and O–H groups in total. The van der Waals surface area contributed by atoms with E-state index in [1.165, 1.54) is 11.3 Å². The second-order valence-electron chi connectivity index (χ2n) is 5.92. The molecule has 0 saturated heterocycles. The van der Waals surface area contributed by atoms with Crippen molar-refractivity contribution in [3.63, 3.8) is 0 Å². The summed E-state index contributed by atoms with van der Waals surface area (Å²) in [5.41, 5.74) is 4.31. The molecule has 1 atom stereocenters. The molecule has 0 aliphatic rings. The minimum Gasteiger partial charge on any atom is -0.435 e. The van der Waals surface area contributed by atoms with Crippen LogP contribution in [0.4, 0.5) is 5.69 Å². The summed E-state index contributed by atoms with van der Waals surface area (Å²) < 4.78 is 5.78. The molecular formula is C19H13Cl2N3O2S. The predicted molar refractivity (Wildman–Crippen MR) is 109 cm³/mol. The van der Waals surface area contributed by atoms with Gasteiger partial charge in [0.15, 0.2) is 5.58 Å². The number of amides is 1. The monoisotopic (exact) mass is 417 g/mol. The molecule has 4 aromatic rings. The second-order valence-corrected chi connectivity index (χ2v) is 7.59. The van der Waals surface area contributed by atoms with Crippen molar-refractivity contribution in [3.05, 3.63) is 63.7 Å². The predicted octanol–water partition coefficient (Wildman–Crippen LogP) is 6.00. The molecule has 2 aromatic carbocycles. The first-order chi connectivity index (χ1) is 13.0. The summed E-state index contributed by atoms with van der Waals surface area (Å²) in [6, 6.07) is 10.6. The number of hydrogen-bond acceptors (Lipinski definition) is 5. The quantitative estimate of drug-likeness (QED) is 0.441. The van der Waals surface area contributed by atoms with E-state index in [1.54, 1.807) is 55.0 Å². The number of hydrogen-bond donors (Lipinski definition) is 1. The normalized spacial score (nSPS) is 12.3. The molecule has 4 rings (SSSR count). The van der Waals surface area contributed by atoms with Gasteiger partial charge in [0.05, 0.1) is 27.7 Å². The molecule has 0 saturated carbocycles. The van der Waals surface area contributed by atoms with E-state index in [1.807, 2.05) is 0 Å². The Morgan fingerprint density at radius 3 is 2.89 bits per heavy atom. The first-order valence-corrected chi connectivity index (χ1v) is 9.70. The van der Waals surface area contributed by atoms with E-state index in [4.69, 9.17) is 27.6 Å². The number of carbonyl (C=O) groups excluding carboxylic acids is 1. The summed E-state index contributed by atoms with van der Waals surface area (Å²) in [5.74, 6) is -0.148. The number of carbonyl (C=O) groups is 1. The lowest BCUT2D eigenvalue weighted by Gasteiger charge is -2.14. The Kier molecular flexibility index (Phi) is 4.86. The first-order valence-electron chi connectivity index (χ1n) is 8.07. The van der Waals surface area contributed by atoms with Crippen molar-refractivity contribution in [1.29, 1.82) is 0 Å². The van der Waals surface area contributed by atoms with Crippen LogP contribution in [0.1, 0.15) is 18.4 Å². The van der Waals surface area contributed by atoms with Gasteiger partial charge in [0.1, 0.15) is 10.4 Å². The van der Waals surface area contributed by atoms with Gasteiger partial charge in [-0.05, 0) is 30.7 Å². The summed E-state index contributed by atoms with van der Waals surface area (Å²) in [6.45, 7) is 1.78. The zero-order chi connectivity index (χ0) is 19.0. The SMILES string of the molecule is CC(C(=O)Nc1ccc2nc(-c3cncs3)oc2c1)c1cccc(Cl)c1Cl. The van der Waals surface area contributed by atoms with Crippen LogP contribution in [-0.2, 0) is 4.79 Å². The van der Waals surface area contributed by atoms with Gasteiger partial charge in [-0.3, -0.25) is 9.78 Å². The van der Waals surface area contributed by atoms with E-state index >= 15 is 0 Å². The van der Waals surface area contributed by atoms with Gasteiger partial charge in [-0.1, -0.05) is 35.3 Å². The van der Waals surface area contributed by atoms with E-state index in [2.05, 4.69) is 15.3 Å². The minimum absolute atomic E-state index is 0.194. The fraction of sp³-hybridized carbons (Fsp3) is 0.105. The Hall–Kier alpha value is -2.41. The molecule has 2 heterocycles. The van der Waals surface area contributed by atoms with Gasteiger partial charge in [0.25, 0.3) is 0 Å². The topological polar surface area (TPSA) is 68.0 Å². The molecule has 27 heavy (non-hydrogen) atoms. The Morgan fingerprint density at radius 1 is 1.26 bits per heavy atom. The highest BCUT2D eigenvalue weighted by Crippen LogP contribution is 2.32. The maximum absolute atomic E-state index is 12.6. The van der Waals surface area contributed by atoms with Crippen LogP contribution in [0.5, 0.6) is 0 Å². The summed E-state index contributed by atoms with van der Waals surface area (Å²) in [5, 5.41) is 3.70. The van der Waals surface area contributed by atoms with Gasteiger partial charge in [0.2, 0.25) is 11.8 Å². The maximum Gasteiger partial charge on any atom is 0.239 e. The van der Waals surface area contributed by atoms with Gasteiger partial charge in [-0.25, -0.2) is 4.98 Å². The first kappa shape index (κ1) is 18.0. The molecule has 136 valence electrons. The van der Waals surface area contributed by atoms with E-state index < -0.39 is 5.92 Å².